The molecule has 1 amide bonds. The number of carbonyl (C=O) groups is 1. The first kappa shape index (κ1) is 13.1. The number of carbonyl (C=O) groups excluding carboxylic acids is 1. The van der Waals surface area contributed by atoms with Crippen molar-refractivity contribution in [1.29, 1.82) is 0 Å². The lowest BCUT2D eigenvalue weighted by atomic mass is 10.0. The Morgan fingerprint density at radius 1 is 1.44 bits per heavy atom. The Balaban J connectivity index is 2.18. The van der Waals surface area contributed by atoms with Gasteiger partial charge in [0.15, 0.2) is 0 Å². The highest BCUT2D eigenvalue weighted by molar-refractivity contribution is 9.10. The van der Waals surface area contributed by atoms with E-state index in [2.05, 4.69) is 26.6 Å². The van der Waals surface area contributed by atoms with E-state index < -0.39 is 0 Å². The highest BCUT2D eigenvalue weighted by Crippen LogP contribution is 2.28. The van der Waals surface area contributed by atoms with Gasteiger partial charge in [-0.1, -0.05) is 15.9 Å². The van der Waals surface area contributed by atoms with Crippen LogP contribution in [0.15, 0.2) is 33.8 Å². The average molecular weight is 311 g/mol. The van der Waals surface area contributed by atoms with Crippen LogP contribution in [-0.2, 0) is 4.79 Å². The van der Waals surface area contributed by atoms with Gasteiger partial charge in [-0.05, 0) is 30.7 Å². The topological polar surface area (TPSA) is 50.4 Å². The normalized spacial score (nSPS) is 13.8. The van der Waals surface area contributed by atoms with E-state index in [-0.39, 0.29) is 5.91 Å². The van der Waals surface area contributed by atoms with E-state index >= 15 is 0 Å². The predicted octanol–water partition coefficient (Wildman–Crippen LogP) is 2.32. The van der Waals surface area contributed by atoms with E-state index in [1.54, 1.807) is 7.11 Å². The minimum absolute atomic E-state index is 0.0806. The van der Waals surface area contributed by atoms with Crippen molar-refractivity contribution in [2.75, 3.05) is 25.5 Å². The lowest BCUT2D eigenvalue weighted by molar-refractivity contribution is -0.112. The summed E-state index contributed by atoms with van der Waals surface area (Å²) in [6, 6.07) is 5.51. The minimum Gasteiger partial charge on any atom is -0.495 e. The highest BCUT2D eigenvalue weighted by atomic mass is 79.9. The molecular formula is C13H15BrN2O2. The van der Waals surface area contributed by atoms with E-state index in [9.17, 15) is 4.79 Å². The van der Waals surface area contributed by atoms with Gasteiger partial charge in [0.1, 0.15) is 5.75 Å². The SMILES string of the molecule is COc1ccc(Br)cc1NC(=O)C(C)=C1CNC1. The summed E-state index contributed by atoms with van der Waals surface area (Å²) in [6.07, 6.45) is 0. The van der Waals surface area contributed by atoms with Crippen molar-refractivity contribution >= 4 is 27.5 Å². The maximum Gasteiger partial charge on any atom is 0.251 e. The number of ether oxygens (including phenoxy) is 1. The molecular weight excluding hydrogens is 296 g/mol. The fourth-order valence-electron chi connectivity index (χ4n) is 1.67. The first-order chi connectivity index (χ1) is 8.61. The second kappa shape index (κ2) is 5.54. The number of anilines is 1. The molecule has 0 aromatic heterocycles. The Kier molecular flexibility index (Phi) is 4.04. The first-order valence-corrected chi connectivity index (χ1v) is 6.45. The molecule has 1 fully saturated rings. The molecule has 1 heterocycles. The smallest absolute Gasteiger partial charge is 0.251 e. The van der Waals surface area contributed by atoms with Crippen molar-refractivity contribution in [3.8, 4) is 5.75 Å². The van der Waals surface area contributed by atoms with E-state index in [1.165, 1.54) is 0 Å². The number of benzene rings is 1. The third-order valence-electron chi connectivity index (χ3n) is 2.96. The van der Waals surface area contributed by atoms with Crippen LogP contribution < -0.4 is 15.4 Å². The minimum atomic E-state index is -0.0806. The summed E-state index contributed by atoms with van der Waals surface area (Å²) in [5, 5.41) is 5.99. The second-order valence-electron chi connectivity index (χ2n) is 4.13. The van der Waals surface area contributed by atoms with Crippen LogP contribution in [0.1, 0.15) is 6.92 Å². The molecule has 0 bridgehead atoms. The molecule has 1 aromatic rings. The van der Waals surface area contributed by atoms with Crippen LogP contribution in [0.3, 0.4) is 0 Å². The molecule has 0 radical (unpaired) electrons. The second-order valence-corrected chi connectivity index (χ2v) is 5.05. The monoisotopic (exact) mass is 310 g/mol. The summed E-state index contributed by atoms with van der Waals surface area (Å²) in [4.78, 5) is 12.1. The summed E-state index contributed by atoms with van der Waals surface area (Å²) in [7, 11) is 1.58. The zero-order chi connectivity index (χ0) is 13.1. The van der Waals surface area contributed by atoms with Gasteiger partial charge in [-0.3, -0.25) is 4.79 Å². The third-order valence-corrected chi connectivity index (χ3v) is 3.45. The van der Waals surface area contributed by atoms with Crippen LogP contribution in [0.25, 0.3) is 0 Å². The summed E-state index contributed by atoms with van der Waals surface area (Å²) in [6.45, 7) is 3.44. The predicted molar refractivity (Wildman–Crippen MR) is 74.9 cm³/mol. The van der Waals surface area contributed by atoms with Gasteiger partial charge in [-0.25, -0.2) is 0 Å². The Bertz CT molecular complexity index is 506. The Morgan fingerprint density at radius 3 is 2.72 bits per heavy atom. The number of hydrogen-bond donors (Lipinski definition) is 2. The maximum atomic E-state index is 12.1. The van der Waals surface area contributed by atoms with Crippen molar-refractivity contribution in [2.45, 2.75) is 6.92 Å². The summed E-state index contributed by atoms with van der Waals surface area (Å²) < 4.78 is 6.12. The Hall–Kier alpha value is -1.33. The quantitative estimate of drug-likeness (QED) is 0.842. The van der Waals surface area contributed by atoms with Gasteiger partial charge in [0, 0.05) is 23.1 Å². The standard InChI is InChI=1S/C13H15BrN2O2/c1-8(9-6-15-7-9)13(17)16-11-5-10(14)3-4-12(11)18-2/h3-5,15H,6-7H2,1-2H3,(H,16,17). The van der Waals surface area contributed by atoms with Crippen LogP contribution in [0.4, 0.5) is 5.69 Å². The summed E-state index contributed by atoms with van der Waals surface area (Å²) in [5.41, 5.74) is 2.60. The molecule has 2 rings (SSSR count). The van der Waals surface area contributed by atoms with Crippen LogP contribution in [0.2, 0.25) is 0 Å². The van der Waals surface area contributed by atoms with E-state index in [1.807, 2.05) is 25.1 Å². The number of amides is 1. The van der Waals surface area contributed by atoms with Crippen molar-refractivity contribution in [3.63, 3.8) is 0 Å². The number of hydrogen-bond acceptors (Lipinski definition) is 3. The van der Waals surface area contributed by atoms with Gasteiger partial charge < -0.3 is 15.4 Å². The van der Waals surface area contributed by atoms with Crippen molar-refractivity contribution in [2.24, 2.45) is 0 Å². The van der Waals surface area contributed by atoms with Crippen LogP contribution in [0, 0.1) is 0 Å². The van der Waals surface area contributed by atoms with Crippen LogP contribution in [-0.4, -0.2) is 26.1 Å². The number of nitrogens with one attached hydrogen (secondary N) is 2. The summed E-state index contributed by atoms with van der Waals surface area (Å²) in [5.74, 6) is 0.569. The Labute approximate surface area is 115 Å². The van der Waals surface area contributed by atoms with Gasteiger partial charge >= 0.3 is 0 Å². The molecule has 5 heteroatoms. The maximum absolute atomic E-state index is 12.1. The van der Waals surface area contributed by atoms with Crippen molar-refractivity contribution in [3.05, 3.63) is 33.8 Å². The van der Waals surface area contributed by atoms with Gasteiger partial charge in [-0.15, -0.1) is 0 Å². The van der Waals surface area contributed by atoms with Crippen LogP contribution >= 0.6 is 15.9 Å². The zero-order valence-corrected chi connectivity index (χ0v) is 11.9. The lowest BCUT2D eigenvalue weighted by Gasteiger charge is -2.21. The fraction of sp³-hybridized carbons (Fsp3) is 0.308. The first-order valence-electron chi connectivity index (χ1n) is 5.66. The molecule has 1 aliphatic rings. The number of halogens is 1. The fourth-order valence-corrected chi connectivity index (χ4v) is 2.03. The molecule has 96 valence electrons. The van der Waals surface area contributed by atoms with Crippen molar-refractivity contribution < 1.29 is 9.53 Å². The molecule has 18 heavy (non-hydrogen) atoms. The Morgan fingerprint density at radius 2 is 2.17 bits per heavy atom. The van der Waals surface area contributed by atoms with E-state index in [0.29, 0.717) is 11.4 Å². The van der Waals surface area contributed by atoms with Gasteiger partial charge in [0.2, 0.25) is 0 Å². The molecule has 1 aliphatic heterocycles. The molecule has 2 N–H and O–H groups in total. The summed E-state index contributed by atoms with van der Waals surface area (Å²) >= 11 is 3.38. The largest absolute Gasteiger partial charge is 0.495 e. The molecule has 1 saturated heterocycles. The highest BCUT2D eigenvalue weighted by Gasteiger charge is 2.17. The van der Waals surface area contributed by atoms with Gasteiger partial charge in [-0.2, -0.15) is 0 Å². The van der Waals surface area contributed by atoms with E-state index in [4.69, 9.17) is 4.74 Å². The average Bonchev–Trinajstić information content (AvgIpc) is 2.27. The molecule has 0 saturated carbocycles. The van der Waals surface area contributed by atoms with Gasteiger partial charge in [0.05, 0.1) is 12.8 Å². The van der Waals surface area contributed by atoms with Crippen LogP contribution in [0.5, 0.6) is 5.75 Å². The van der Waals surface area contributed by atoms with E-state index in [0.717, 1.165) is 28.7 Å². The van der Waals surface area contributed by atoms with Gasteiger partial charge in [0.25, 0.3) is 5.91 Å². The number of rotatable bonds is 3. The molecule has 0 unspecified atom stereocenters. The number of methoxy groups -OCH3 is 1. The zero-order valence-electron chi connectivity index (χ0n) is 10.3. The third kappa shape index (κ3) is 2.73. The molecule has 1 aromatic carbocycles. The molecule has 0 spiro atoms. The molecule has 4 nitrogen and oxygen atoms in total. The van der Waals surface area contributed by atoms with Crippen molar-refractivity contribution in [1.82, 2.24) is 5.32 Å². The lowest BCUT2D eigenvalue weighted by Crippen LogP contribution is -2.36. The molecule has 0 aliphatic carbocycles. The molecule has 0 atom stereocenters.